The van der Waals surface area contributed by atoms with Crippen LogP contribution in [0.5, 0.6) is 0 Å². The summed E-state index contributed by atoms with van der Waals surface area (Å²) in [5, 5.41) is 16.5. The number of allylic oxidation sites excluding steroid dienone is 1. The molecule has 1 aromatic rings. The van der Waals surface area contributed by atoms with Crippen molar-refractivity contribution in [2.75, 3.05) is 17.7 Å². The normalized spacial score (nSPS) is 38.8. The Labute approximate surface area is 206 Å². The van der Waals surface area contributed by atoms with Crippen LogP contribution in [-0.2, 0) is 4.79 Å². The number of benzene rings is 1. The second kappa shape index (κ2) is 9.33. The molecule has 4 aliphatic carbocycles. The van der Waals surface area contributed by atoms with Crippen LogP contribution in [0.2, 0.25) is 0 Å². The van der Waals surface area contributed by atoms with Crippen LogP contribution in [0.25, 0.3) is 0 Å². The van der Waals surface area contributed by atoms with Crippen LogP contribution < -0.4 is 10.6 Å². The first-order chi connectivity index (χ1) is 16.3. The summed E-state index contributed by atoms with van der Waals surface area (Å²) in [6.07, 6.45) is 14.8. The van der Waals surface area contributed by atoms with E-state index in [2.05, 4.69) is 30.6 Å². The molecule has 0 heterocycles. The van der Waals surface area contributed by atoms with Gasteiger partial charge in [0.15, 0.2) is 0 Å². The molecule has 3 fully saturated rings. The Hall–Kier alpha value is -1.81. The Morgan fingerprint density at radius 2 is 1.85 bits per heavy atom. The molecule has 0 saturated heterocycles. The highest BCUT2D eigenvalue weighted by atomic mass is 16.3. The van der Waals surface area contributed by atoms with Gasteiger partial charge in [0.2, 0.25) is 5.91 Å². The van der Waals surface area contributed by atoms with Gasteiger partial charge in [0, 0.05) is 13.5 Å². The van der Waals surface area contributed by atoms with E-state index in [0.29, 0.717) is 17.3 Å². The number of nitrogens with one attached hydrogen (secondary N) is 2. The molecule has 0 aliphatic heterocycles. The van der Waals surface area contributed by atoms with Crippen molar-refractivity contribution >= 4 is 17.3 Å². The molecule has 0 bridgehead atoms. The molecule has 0 aromatic heterocycles. The molecule has 5 rings (SSSR count). The van der Waals surface area contributed by atoms with Crippen LogP contribution in [0, 0.1) is 34.5 Å². The van der Waals surface area contributed by atoms with E-state index in [-0.39, 0.29) is 12.0 Å². The van der Waals surface area contributed by atoms with E-state index in [0.717, 1.165) is 54.3 Å². The number of hydrogen-bond donors (Lipinski definition) is 3. The molecular formula is C30H44N2O2. The zero-order chi connectivity index (χ0) is 23.9. The third kappa shape index (κ3) is 4.10. The predicted molar refractivity (Wildman–Crippen MR) is 140 cm³/mol. The Balaban J connectivity index is 1.19. The molecule has 0 spiro atoms. The zero-order valence-electron chi connectivity index (χ0n) is 21.4. The molecule has 0 unspecified atom stereocenters. The number of para-hydroxylation sites is 2. The van der Waals surface area contributed by atoms with Crippen LogP contribution in [-0.4, -0.2) is 24.2 Å². The SMILES string of the molecule is CNc1ccccc1NC(=O)CCC[C@H]1CC[C@H]2[C@@H]3CC=C4C[C@@H](O)CC[C@]4(C)[C@H]3CC[C@]12C. The van der Waals surface area contributed by atoms with E-state index in [1.807, 2.05) is 31.3 Å². The monoisotopic (exact) mass is 464 g/mol. The quantitative estimate of drug-likeness (QED) is 0.407. The number of anilines is 2. The number of amides is 1. The zero-order valence-corrected chi connectivity index (χ0v) is 21.4. The maximum absolute atomic E-state index is 12.6. The van der Waals surface area contributed by atoms with Crippen molar-refractivity contribution in [3.8, 4) is 0 Å². The number of aliphatic hydroxyl groups excluding tert-OH is 1. The van der Waals surface area contributed by atoms with E-state index in [9.17, 15) is 9.90 Å². The summed E-state index contributed by atoms with van der Waals surface area (Å²) in [6, 6.07) is 7.90. The maximum atomic E-state index is 12.6. The number of hydrogen-bond acceptors (Lipinski definition) is 3. The van der Waals surface area contributed by atoms with Crippen molar-refractivity contribution in [3.63, 3.8) is 0 Å². The summed E-state index contributed by atoms with van der Waals surface area (Å²) in [7, 11) is 1.89. The number of fused-ring (bicyclic) bond motifs is 5. The van der Waals surface area contributed by atoms with Crippen LogP contribution in [0.1, 0.15) is 84.5 Å². The Morgan fingerprint density at radius 3 is 2.65 bits per heavy atom. The number of rotatable bonds is 6. The lowest BCUT2D eigenvalue weighted by Gasteiger charge is -2.58. The first kappa shape index (κ1) is 23.9. The van der Waals surface area contributed by atoms with Crippen molar-refractivity contribution < 1.29 is 9.90 Å². The highest BCUT2D eigenvalue weighted by molar-refractivity contribution is 5.94. The van der Waals surface area contributed by atoms with Gasteiger partial charge in [-0.25, -0.2) is 0 Å². The molecule has 1 amide bonds. The van der Waals surface area contributed by atoms with E-state index < -0.39 is 0 Å². The fraction of sp³-hybridized carbons (Fsp3) is 0.700. The average Bonchev–Trinajstić information content (AvgIpc) is 3.16. The van der Waals surface area contributed by atoms with Crippen LogP contribution >= 0.6 is 0 Å². The topological polar surface area (TPSA) is 61.4 Å². The Bertz CT molecular complexity index is 941. The highest BCUT2D eigenvalue weighted by Crippen LogP contribution is 2.66. The summed E-state index contributed by atoms with van der Waals surface area (Å²) < 4.78 is 0. The van der Waals surface area contributed by atoms with Gasteiger partial charge < -0.3 is 15.7 Å². The van der Waals surface area contributed by atoms with Crippen molar-refractivity contribution in [2.45, 2.75) is 90.6 Å². The summed E-state index contributed by atoms with van der Waals surface area (Å²) in [6.45, 7) is 5.10. The number of carbonyl (C=O) groups excluding carboxylic acids is 1. The van der Waals surface area contributed by atoms with E-state index >= 15 is 0 Å². The van der Waals surface area contributed by atoms with Gasteiger partial charge in [-0.1, -0.05) is 37.6 Å². The minimum Gasteiger partial charge on any atom is -0.393 e. The second-order valence-electron chi connectivity index (χ2n) is 12.2. The summed E-state index contributed by atoms with van der Waals surface area (Å²) in [5.41, 5.74) is 4.16. The molecule has 4 nitrogen and oxygen atoms in total. The highest BCUT2D eigenvalue weighted by Gasteiger charge is 2.58. The van der Waals surface area contributed by atoms with Crippen LogP contribution in [0.15, 0.2) is 35.9 Å². The summed E-state index contributed by atoms with van der Waals surface area (Å²) in [4.78, 5) is 12.6. The largest absolute Gasteiger partial charge is 0.393 e. The van der Waals surface area contributed by atoms with E-state index in [4.69, 9.17) is 0 Å². The summed E-state index contributed by atoms with van der Waals surface area (Å²) in [5.74, 6) is 3.32. The van der Waals surface area contributed by atoms with Gasteiger partial charge in [-0.3, -0.25) is 4.79 Å². The molecule has 3 saturated carbocycles. The lowest BCUT2D eigenvalue weighted by atomic mass is 9.47. The fourth-order valence-corrected chi connectivity index (χ4v) is 8.76. The molecule has 34 heavy (non-hydrogen) atoms. The lowest BCUT2D eigenvalue weighted by molar-refractivity contribution is -0.116. The van der Waals surface area contributed by atoms with Crippen molar-refractivity contribution in [3.05, 3.63) is 35.9 Å². The first-order valence-electron chi connectivity index (χ1n) is 13.8. The second-order valence-corrected chi connectivity index (χ2v) is 12.2. The number of carbonyl (C=O) groups is 1. The lowest BCUT2D eigenvalue weighted by Crippen LogP contribution is -2.50. The van der Waals surface area contributed by atoms with Gasteiger partial charge in [-0.2, -0.15) is 0 Å². The third-order valence-corrected chi connectivity index (χ3v) is 10.7. The summed E-state index contributed by atoms with van der Waals surface area (Å²) >= 11 is 0. The number of aliphatic hydroxyl groups is 1. The van der Waals surface area contributed by atoms with Crippen molar-refractivity contribution in [2.24, 2.45) is 34.5 Å². The van der Waals surface area contributed by atoms with Crippen LogP contribution in [0.4, 0.5) is 11.4 Å². The molecule has 0 radical (unpaired) electrons. The standard InChI is InChI=1S/C30H44N2O2/c1-29-18-16-25-23(13-11-21-19-22(33)15-17-30(21,25)2)24(29)14-12-20(29)7-6-10-28(34)32-27-9-5-4-8-26(27)31-3/h4-5,8-9,11,20,22-25,31,33H,6-7,10,12-19H2,1-3H3,(H,32,34)/t20-,22-,23-,24-,25-,29+,30-/m0/s1. The van der Waals surface area contributed by atoms with Gasteiger partial charge in [-0.05, 0) is 111 Å². The molecule has 4 heteroatoms. The van der Waals surface area contributed by atoms with Gasteiger partial charge in [0.25, 0.3) is 0 Å². The van der Waals surface area contributed by atoms with Crippen LogP contribution in [0.3, 0.4) is 0 Å². The molecular weight excluding hydrogens is 420 g/mol. The smallest absolute Gasteiger partial charge is 0.224 e. The maximum Gasteiger partial charge on any atom is 0.224 e. The van der Waals surface area contributed by atoms with Gasteiger partial charge in [0.05, 0.1) is 17.5 Å². The van der Waals surface area contributed by atoms with Crippen molar-refractivity contribution in [1.82, 2.24) is 0 Å². The van der Waals surface area contributed by atoms with E-state index in [1.54, 1.807) is 5.57 Å². The molecule has 3 N–H and O–H groups in total. The van der Waals surface area contributed by atoms with Gasteiger partial charge >= 0.3 is 0 Å². The molecule has 4 aliphatic rings. The van der Waals surface area contributed by atoms with Gasteiger partial charge in [0.1, 0.15) is 0 Å². The third-order valence-electron chi connectivity index (χ3n) is 10.7. The fourth-order valence-electron chi connectivity index (χ4n) is 8.76. The van der Waals surface area contributed by atoms with E-state index in [1.165, 1.54) is 44.9 Å². The minimum atomic E-state index is -0.121. The van der Waals surface area contributed by atoms with Gasteiger partial charge in [-0.15, -0.1) is 0 Å². The first-order valence-corrected chi connectivity index (χ1v) is 13.8. The van der Waals surface area contributed by atoms with Crippen molar-refractivity contribution in [1.29, 1.82) is 0 Å². The minimum absolute atomic E-state index is 0.121. The predicted octanol–water partition coefficient (Wildman–Crippen LogP) is 6.78. The Kier molecular flexibility index (Phi) is 6.56. The molecule has 186 valence electrons. The average molecular weight is 465 g/mol. The Morgan fingerprint density at radius 1 is 1.06 bits per heavy atom. The molecule has 1 aromatic carbocycles. The molecule has 7 atom stereocenters.